The second-order valence-corrected chi connectivity index (χ2v) is 3.57. The van der Waals surface area contributed by atoms with Crippen molar-refractivity contribution < 1.29 is 9.53 Å². The number of carbonyl (C=O) groups excluding carboxylic acids is 1. The van der Waals surface area contributed by atoms with Crippen molar-refractivity contribution in [3.8, 4) is 5.75 Å². The van der Waals surface area contributed by atoms with E-state index < -0.39 is 0 Å². The Bertz CT molecular complexity index is 336. The molecular weight excluding hydrogens is 190 g/mol. The lowest BCUT2D eigenvalue weighted by atomic mass is 9.96. The monoisotopic (exact) mass is 207 g/mol. The van der Waals surface area contributed by atoms with Gasteiger partial charge in [-0.2, -0.15) is 0 Å². The Morgan fingerprint density at radius 1 is 1.53 bits per heavy atom. The van der Waals surface area contributed by atoms with Crippen molar-refractivity contribution in [1.29, 1.82) is 0 Å². The van der Waals surface area contributed by atoms with E-state index in [2.05, 4.69) is 0 Å². The first kappa shape index (κ1) is 11.7. The van der Waals surface area contributed by atoms with Gasteiger partial charge >= 0.3 is 0 Å². The second kappa shape index (κ2) is 5.51. The molecule has 3 nitrogen and oxygen atoms in total. The molecule has 0 amide bonds. The zero-order valence-corrected chi connectivity index (χ0v) is 9.19. The number of hydrogen-bond acceptors (Lipinski definition) is 3. The van der Waals surface area contributed by atoms with Crippen LogP contribution < -0.4 is 10.5 Å². The number of ketones is 1. The standard InChI is InChI=1S/C12H17NO2/c1-9(6-7-13)12(14)10-4-3-5-11(8-10)15-2/h3-5,8-9H,6-7,13H2,1-2H3. The van der Waals surface area contributed by atoms with Gasteiger partial charge in [0.1, 0.15) is 5.75 Å². The third-order valence-corrected chi connectivity index (χ3v) is 2.40. The Balaban J connectivity index is 2.81. The van der Waals surface area contributed by atoms with Crippen LogP contribution in [-0.2, 0) is 0 Å². The van der Waals surface area contributed by atoms with Crippen LogP contribution in [0.5, 0.6) is 5.75 Å². The topological polar surface area (TPSA) is 52.3 Å². The van der Waals surface area contributed by atoms with E-state index in [-0.39, 0.29) is 11.7 Å². The van der Waals surface area contributed by atoms with Crippen LogP contribution in [0.4, 0.5) is 0 Å². The van der Waals surface area contributed by atoms with E-state index in [4.69, 9.17) is 10.5 Å². The molecule has 0 saturated carbocycles. The summed E-state index contributed by atoms with van der Waals surface area (Å²) in [6, 6.07) is 7.21. The number of rotatable bonds is 5. The number of methoxy groups -OCH3 is 1. The smallest absolute Gasteiger partial charge is 0.165 e. The second-order valence-electron chi connectivity index (χ2n) is 3.57. The van der Waals surface area contributed by atoms with Crippen molar-refractivity contribution >= 4 is 5.78 Å². The summed E-state index contributed by atoms with van der Waals surface area (Å²) in [5, 5.41) is 0. The number of benzene rings is 1. The van der Waals surface area contributed by atoms with Crippen LogP contribution >= 0.6 is 0 Å². The van der Waals surface area contributed by atoms with Gasteiger partial charge in [0.15, 0.2) is 5.78 Å². The highest BCUT2D eigenvalue weighted by molar-refractivity contribution is 5.97. The molecule has 0 fully saturated rings. The van der Waals surface area contributed by atoms with Crippen molar-refractivity contribution in [2.24, 2.45) is 11.7 Å². The first-order chi connectivity index (χ1) is 7.19. The van der Waals surface area contributed by atoms with Crippen LogP contribution in [0.1, 0.15) is 23.7 Å². The predicted molar refractivity (Wildman–Crippen MR) is 60.2 cm³/mol. The zero-order chi connectivity index (χ0) is 11.3. The van der Waals surface area contributed by atoms with Gasteiger partial charge in [-0.15, -0.1) is 0 Å². The van der Waals surface area contributed by atoms with Crippen molar-refractivity contribution in [2.75, 3.05) is 13.7 Å². The molecule has 15 heavy (non-hydrogen) atoms. The van der Waals surface area contributed by atoms with E-state index in [1.807, 2.05) is 19.1 Å². The van der Waals surface area contributed by atoms with Crippen molar-refractivity contribution in [1.82, 2.24) is 0 Å². The summed E-state index contributed by atoms with van der Waals surface area (Å²) >= 11 is 0. The van der Waals surface area contributed by atoms with Gasteiger partial charge in [-0.3, -0.25) is 4.79 Å². The first-order valence-corrected chi connectivity index (χ1v) is 5.07. The Labute approximate surface area is 90.2 Å². The third-order valence-electron chi connectivity index (χ3n) is 2.40. The Hall–Kier alpha value is -1.35. The fourth-order valence-corrected chi connectivity index (χ4v) is 1.44. The van der Waals surface area contributed by atoms with Crippen LogP contribution in [0.2, 0.25) is 0 Å². The van der Waals surface area contributed by atoms with Gasteiger partial charge in [0.25, 0.3) is 0 Å². The molecule has 0 aromatic heterocycles. The molecule has 1 atom stereocenters. The lowest BCUT2D eigenvalue weighted by Crippen LogP contribution is -2.15. The SMILES string of the molecule is COc1cccc(C(=O)C(C)CCN)c1. The molecule has 3 heteroatoms. The fraction of sp³-hybridized carbons (Fsp3) is 0.417. The Kier molecular flexibility index (Phi) is 4.31. The number of hydrogen-bond donors (Lipinski definition) is 1. The molecule has 1 rings (SSSR count). The third kappa shape index (κ3) is 3.06. The van der Waals surface area contributed by atoms with Crippen molar-refractivity contribution in [2.45, 2.75) is 13.3 Å². The molecule has 0 aliphatic heterocycles. The summed E-state index contributed by atoms with van der Waals surface area (Å²) in [5.41, 5.74) is 6.11. The van der Waals surface area contributed by atoms with E-state index in [1.165, 1.54) is 0 Å². The summed E-state index contributed by atoms with van der Waals surface area (Å²) in [7, 11) is 1.59. The summed E-state index contributed by atoms with van der Waals surface area (Å²) in [6.45, 7) is 2.44. The number of ether oxygens (including phenoxy) is 1. The van der Waals surface area contributed by atoms with Crippen molar-refractivity contribution in [3.63, 3.8) is 0 Å². The quantitative estimate of drug-likeness (QED) is 0.750. The van der Waals surface area contributed by atoms with E-state index in [0.29, 0.717) is 17.9 Å². The largest absolute Gasteiger partial charge is 0.497 e. The highest BCUT2D eigenvalue weighted by atomic mass is 16.5. The average Bonchev–Trinajstić information content (AvgIpc) is 2.28. The number of carbonyl (C=O) groups is 1. The van der Waals surface area contributed by atoms with E-state index in [9.17, 15) is 4.79 Å². The Morgan fingerprint density at radius 2 is 2.27 bits per heavy atom. The van der Waals surface area contributed by atoms with Gasteiger partial charge in [-0.25, -0.2) is 0 Å². The Morgan fingerprint density at radius 3 is 2.87 bits per heavy atom. The van der Waals surface area contributed by atoms with Gasteiger partial charge < -0.3 is 10.5 Å². The fourth-order valence-electron chi connectivity index (χ4n) is 1.44. The van der Waals surface area contributed by atoms with Gasteiger partial charge in [0.05, 0.1) is 7.11 Å². The first-order valence-electron chi connectivity index (χ1n) is 5.07. The molecule has 1 aromatic carbocycles. The van der Waals surface area contributed by atoms with Gasteiger partial charge in [-0.1, -0.05) is 19.1 Å². The van der Waals surface area contributed by atoms with Crippen LogP contribution in [0.25, 0.3) is 0 Å². The molecule has 0 aliphatic rings. The lowest BCUT2D eigenvalue weighted by Gasteiger charge is -2.09. The maximum Gasteiger partial charge on any atom is 0.165 e. The molecular formula is C12H17NO2. The van der Waals surface area contributed by atoms with Gasteiger partial charge in [0.2, 0.25) is 0 Å². The molecule has 1 unspecified atom stereocenters. The van der Waals surface area contributed by atoms with Crippen molar-refractivity contribution in [3.05, 3.63) is 29.8 Å². The molecule has 82 valence electrons. The van der Waals surface area contributed by atoms with E-state index in [1.54, 1.807) is 19.2 Å². The minimum absolute atomic E-state index is 0.0258. The van der Waals surface area contributed by atoms with Gasteiger partial charge in [-0.05, 0) is 25.1 Å². The molecule has 0 aliphatic carbocycles. The summed E-state index contributed by atoms with van der Waals surface area (Å²) < 4.78 is 5.07. The molecule has 0 bridgehead atoms. The minimum atomic E-state index is -0.0258. The molecule has 1 aromatic rings. The van der Waals surface area contributed by atoms with E-state index >= 15 is 0 Å². The summed E-state index contributed by atoms with van der Waals surface area (Å²) in [4.78, 5) is 11.9. The van der Waals surface area contributed by atoms with Crippen LogP contribution in [-0.4, -0.2) is 19.4 Å². The van der Waals surface area contributed by atoms with Gasteiger partial charge in [0, 0.05) is 11.5 Å². The summed E-state index contributed by atoms with van der Waals surface area (Å²) in [5.74, 6) is 0.808. The molecule has 0 spiro atoms. The number of nitrogens with two attached hydrogens (primary N) is 1. The normalized spacial score (nSPS) is 12.2. The maximum absolute atomic E-state index is 11.9. The van der Waals surface area contributed by atoms with Crippen LogP contribution in [0, 0.1) is 5.92 Å². The summed E-state index contributed by atoms with van der Waals surface area (Å²) in [6.07, 6.45) is 0.718. The van der Waals surface area contributed by atoms with E-state index in [0.717, 1.165) is 6.42 Å². The minimum Gasteiger partial charge on any atom is -0.497 e. The highest BCUT2D eigenvalue weighted by Crippen LogP contribution is 2.17. The molecule has 0 radical (unpaired) electrons. The predicted octanol–water partition coefficient (Wildman–Crippen LogP) is 1.86. The lowest BCUT2D eigenvalue weighted by molar-refractivity contribution is 0.0925. The maximum atomic E-state index is 11.9. The molecule has 2 N–H and O–H groups in total. The average molecular weight is 207 g/mol. The molecule has 0 heterocycles. The highest BCUT2D eigenvalue weighted by Gasteiger charge is 2.14. The van der Waals surface area contributed by atoms with Crippen LogP contribution in [0.3, 0.4) is 0 Å². The van der Waals surface area contributed by atoms with Crippen LogP contribution in [0.15, 0.2) is 24.3 Å². The zero-order valence-electron chi connectivity index (χ0n) is 9.19. The molecule has 0 saturated heterocycles. The number of Topliss-reactive ketones (excluding diaryl/α,β-unsaturated/α-hetero) is 1.